The fourth-order valence-corrected chi connectivity index (χ4v) is 2.02. The van der Waals surface area contributed by atoms with Crippen molar-refractivity contribution in [3.63, 3.8) is 0 Å². The molecule has 1 aromatic carbocycles. The number of aromatic nitrogens is 3. The van der Waals surface area contributed by atoms with E-state index in [2.05, 4.69) is 15.6 Å². The van der Waals surface area contributed by atoms with E-state index in [0.29, 0.717) is 12.2 Å². The van der Waals surface area contributed by atoms with Crippen molar-refractivity contribution in [2.75, 3.05) is 6.54 Å². The number of hydrogen-bond acceptors (Lipinski definition) is 5. The molecule has 0 radical (unpaired) electrons. The molecular formula is C13H14FN5O2. The summed E-state index contributed by atoms with van der Waals surface area (Å²) < 4.78 is 15.0. The molecule has 0 spiro atoms. The molecule has 1 fully saturated rings. The molecule has 8 heteroatoms. The molecule has 0 amide bonds. The van der Waals surface area contributed by atoms with E-state index in [1.165, 1.54) is 23.6 Å². The number of hydrogen-bond donors (Lipinski definition) is 1. The molecule has 0 atom stereocenters. The van der Waals surface area contributed by atoms with E-state index in [1.54, 1.807) is 6.20 Å². The van der Waals surface area contributed by atoms with Gasteiger partial charge in [0.15, 0.2) is 0 Å². The molecule has 0 unspecified atom stereocenters. The number of nitrogens with one attached hydrogen (secondary N) is 1. The molecule has 21 heavy (non-hydrogen) atoms. The molecule has 1 heterocycles. The maximum absolute atomic E-state index is 13.6. The summed E-state index contributed by atoms with van der Waals surface area (Å²) in [6, 6.07) is 3.64. The Morgan fingerprint density at radius 3 is 2.95 bits per heavy atom. The molecule has 1 N–H and O–H groups in total. The van der Waals surface area contributed by atoms with Crippen LogP contribution in [0, 0.1) is 21.8 Å². The highest BCUT2D eigenvalue weighted by molar-refractivity contribution is 5.41. The molecule has 1 aliphatic rings. The molecule has 1 saturated carbocycles. The zero-order chi connectivity index (χ0) is 14.8. The maximum Gasteiger partial charge on any atom is 0.304 e. The first kappa shape index (κ1) is 13.6. The highest BCUT2D eigenvalue weighted by Gasteiger charge is 2.20. The third kappa shape index (κ3) is 3.22. The first-order valence-corrected chi connectivity index (χ1v) is 6.70. The number of nitro benzene ring substituents is 1. The topological polar surface area (TPSA) is 85.9 Å². The second-order valence-corrected chi connectivity index (χ2v) is 5.12. The van der Waals surface area contributed by atoms with Crippen molar-refractivity contribution in [1.29, 1.82) is 0 Å². The van der Waals surface area contributed by atoms with Gasteiger partial charge in [-0.2, -0.15) is 4.39 Å². The van der Waals surface area contributed by atoms with Crippen molar-refractivity contribution in [2.45, 2.75) is 19.4 Å². The van der Waals surface area contributed by atoms with Gasteiger partial charge in [0.25, 0.3) is 0 Å². The van der Waals surface area contributed by atoms with Crippen LogP contribution in [0.2, 0.25) is 0 Å². The van der Waals surface area contributed by atoms with Crippen LogP contribution in [0.25, 0.3) is 5.69 Å². The van der Waals surface area contributed by atoms with Crippen LogP contribution in [-0.4, -0.2) is 26.5 Å². The molecule has 3 rings (SSSR count). The quantitative estimate of drug-likeness (QED) is 0.648. The Balaban J connectivity index is 1.69. The summed E-state index contributed by atoms with van der Waals surface area (Å²) in [6.45, 7) is 1.57. The van der Waals surface area contributed by atoms with E-state index >= 15 is 0 Å². The summed E-state index contributed by atoms with van der Waals surface area (Å²) in [6.07, 6.45) is 4.24. The Morgan fingerprint density at radius 2 is 2.29 bits per heavy atom. The van der Waals surface area contributed by atoms with Gasteiger partial charge >= 0.3 is 5.69 Å². The van der Waals surface area contributed by atoms with Crippen LogP contribution in [0.3, 0.4) is 0 Å². The van der Waals surface area contributed by atoms with Crippen LogP contribution < -0.4 is 5.32 Å². The van der Waals surface area contributed by atoms with Gasteiger partial charge < -0.3 is 5.32 Å². The normalized spacial score (nSPS) is 14.3. The summed E-state index contributed by atoms with van der Waals surface area (Å²) in [5, 5.41) is 21.8. The first-order chi connectivity index (χ1) is 10.1. The van der Waals surface area contributed by atoms with Crippen molar-refractivity contribution >= 4 is 5.69 Å². The third-order valence-electron chi connectivity index (χ3n) is 3.37. The standard InChI is InChI=1S/C13H14FN5O2/c14-12-5-11(3-4-13(12)19(20)21)18-8-10(16-17-18)7-15-6-9-1-2-9/h3-5,8-9,15H,1-2,6-7H2. The largest absolute Gasteiger partial charge is 0.311 e. The van der Waals surface area contributed by atoms with Crippen LogP contribution in [0.5, 0.6) is 0 Å². The molecule has 0 bridgehead atoms. The maximum atomic E-state index is 13.6. The van der Waals surface area contributed by atoms with Crippen LogP contribution in [-0.2, 0) is 6.54 Å². The number of nitro groups is 1. The van der Waals surface area contributed by atoms with Crippen molar-refractivity contribution < 1.29 is 9.31 Å². The first-order valence-electron chi connectivity index (χ1n) is 6.70. The van der Waals surface area contributed by atoms with Crippen LogP contribution in [0.1, 0.15) is 18.5 Å². The SMILES string of the molecule is O=[N+]([O-])c1ccc(-n2cc(CNCC3CC3)nn2)cc1F. The van der Waals surface area contributed by atoms with Gasteiger partial charge in [0.05, 0.1) is 22.5 Å². The fraction of sp³-hybridized carbons (Fsp3) is 0.385. The Kier molecular flexibility index (Phi) is 3.61. The lowest BCUT2D eigenvalue weighted by Gasteiger charge is -2.01. The van der Waals surface area contributed by atoms with Crippen LogP contribution in [0.15, 0.2) is 24.4 Å². The fourth-order valence-electron chi connectivity index (χ4n) is 2.02. The van der Waals surface area contributed by atoms with Gasteiger partial charge in [-0.05, 0) is 31.4 Å². The second kappa shape index (κ2) is 5.57. The van der Waals surface area contributed by atoms with Gasteiger partial charge in [-0.25, -0.2) is 4.68 Å². The smallest absolute Gasteiger partial charge is 0.304 e. The molecule has 110 valence electrons. The van der Waals surface area contributed by atoms with Gasteiger partial charge in [-0.3, -0.25) is 10.1 Å². The van der Waals surface area contributed by atoms with E-state index < -0.39 is 16.4 Å². The Bertz CT molecular complexity index is 668. The van der Waals surface area contributed by atoms with Crippen molar-refractivity contribution in [3.8, 4) is 5.69 Å². The van der Waals surface area contributed by atoms with E-state index in [-0.39, 0.29) is 0 Å². The van der Waals surface area contributed by atoms with Gasteiger partial charge in [-0.1, -0.05) is 5.21 Å². The number of rotatable bonds is 6. The summed E-state index contributed by atoms with van der Waals surface area (Å²) in [5.74, 6) is -0.106. The second-order valence-electron chi connectivity index (χ2n) is 5.12. The minimum Gasteiger partial charge on any atom is -0.311 e. The molecule has 2 aromatic rings. The Morgan fingerprint density at radius 1 is 1.48 bits per heavy atom. The predicted octanol–water partition coefficient (Wildman–Crippen LogP) is 1.81. The lowest BCUT2D eigenvalue weighted by molar-refractivity contribution is -0.387. The molecular weight excluding hydrogens is 277 g/mol. The van der Waals surface area contributed by atoms with Gasteiger partial charge in [0, 0.05) is 18.7 Å². The van der Waals surface area contributed by atoms with E-state index in [1.807, 2.05) is 0 Å². The average molecular weight is 291 g/mol. The summed E-state index contributed by atoms with van der Waals surface area (Å²) in [4.78, 5) is 9.82. The highest BCUT2D eigenvalue weighted by atomic mass is 19.1. The average Bonchev–Trinajstić information content (AvgIpc) is 3.14. The van der Waals surface area contributed by atoms with Crippen LogP contribution >= 0.6 is 0 Å². The monoisotopic (exact) mass is 291 g/mol. The van der Waals surface area contributed by atoms with Crippen molar-refractivity contribution in [3.05, 3.63) is 46.0 Å². The lowest BCUT2D eigenvalue weighted by Crippen LogP contribution is -2.16. The summed E-state index contributed by atoms with van der Waals surface area (Å²) >= 11 is 0. The van der Waals surface area contributed by atoms with Crippen molar-refractivity contribution in [2.24, 2.45) is 5.92 Å². The number of benzene rings is 1. The predicted molar refractivity (Wildman–Crippen MR) is 72.4 cm³/mol. The minimum absolute atomic E-state index is 0.402. The van der Waals surface area contributed by atoms with Crippen molar-refractivity contribution in [1.82, 2.24) is 20.3 Å². The lowest BCUT2D eigenvalue weighted by atomic mass is 10.2. The summed E-state index contributed by atoms with van der Waals surface area (Å²) in [5.41, 5.74) is 0.596. The molecule has 0 aliphatic heterocycles. The summed E-state index contributed by atoms with van der Waals surface area (Å²) in [7, 11) is 0. The minimum atomic E-state index is -0.888. The number of nitrogens with zero attached hydrogens (tertiary/aromatic N) is 4. The van der Waals surface area contributed by atoms with E-state index in [4.69, 9.17) is 0 Å². The zero-order valence-electron chi connectivity index (χ0n) is 11.2. The van der Waals surface area contributed by atoms with Gasteiger partial charge in [0.1, 0.15) is 0 Å². The molecule has 0 saturated heterocycles. The molecule has 1 aromatic heterocycles. The number of halogens is 1. The third-order valence-corrected chi connectivity index (χ3v) is 3.37. The van der Waals surface area contributed by atoms with Crippen LogP contribution in [0.4, 0.5) is 10.1 Å². The zero-order valence-corrected chi connectivity index (χ0v) is 11.2. The molecule has 1 aliphatic carbocycles. The van der Waals surface area contributed by atoms with Gasteiger partial charge in [-0.15, -0.1) is 5.10 Å². The molecule has 7 nitrogen and oxygen atoms in total. The van der Waals surface area contributed by atoms with Gasteiger partial charge in [0.2, 0.25) is 5.82 Å². The van der Waals surface area contributed by atoms with E-state index in [9.17, 15) is 14.5 Å². The Labute approximate surface area is 119 Å². The van der Waals surface area contributed by atoms with E-state index in [0.717, 1.165) is 30.3 Å². The Hall–Kier alpha value is -2.35. The highest BCUT2D eigenvalue weighted by Crippen LogP contribution is 2.27.